The molecular weight excluding hydrogens is 309 g/mol. The number of benzene rings is 1. The van der Waals surface area contributed by atoms with Crippen LogP contribution in [0.2, 0.25) is 5.02 Å². The summed E-state index contributed by atoms with van der Waals surface area (Å²) in [5.41, 5.74) is 1.54. The smallest absolute Gasteiger partial charge is 0.232 e. The van der Waals surface area contributed by atoms with Crippen LogP contribution in [0.4, 0.5) is 5.69 Å². The third-order valence-electron chi connectivity index (χ3n) is 3.10. The molecule has 1 saturated heterocycles. The van der Waals surface area contributed by atoms with Crippen LogP contribution >= 0.6 is 22.3 Å². The molecule has 1 aromatic carbocycles. The molecule has 0 saturated carbocycles. The Morgan fingerprint density at radius 2 is 2.11 bits per heavy atom. The van der Waals surface area contributed by atoms with Crippen molar-refractivity contribution in [3.63, 3.8) is 0 Å². The summed E-state index contributed by atoms with van der Waals surface area (Å²) in [6, 6.07) is 5.38. The van der Waals surface area contributed by atoms with Crippen LogP contribution in [0.3, 0.4) is 0 Å². The van der Waals surface area contributed by atoms with Gasteiger partial charge in [0, 0.05) is 29.6 Å². The van der Waals surface area contributed by atoms with E-state index >= 15 is 0 Å². The van der Waals surface area contributed by atoms with Gasteiger partial charge in [0.05, 0.1) is 16.5 Å². The fraction of sp³-hybridized carbons (Fsp3) is 0.417. The summed E-state index contributed by atoms with van der Waals surface area (Å²) < 4.78 is 22.2. The molecule has 1 aromatic rings. The lowest BCUT2D eigenvalue weighted by Crippen LogP contribution is -2.26. The second kappa shape index (κ2) is 5.31. The van der Waals surface area contributed by atoms with E-state index in [1.165, 1.54) is 0 Å². The van der Waals surface area contributed by atoms with E-state index in [1.807, 2.05) is 19.1 Å². The molecule has 4 nitrogen and oxygen atoms in total. The Hall–Kier alpha value is -0.780. The molecule has 1 unspecified atom stereocenters. The number of aryl methyl sites for hydroxylation is 1. The first-order valence-corrected chi connectivity index (χ1v) is 8.61. The van der Waals surface area contributed by atoms with Crippen molar-refractivity contribution in [1.82, 2.24) is 0 Å². The summed E-state index contributed by atoms with van der Waals surface area (Å²) in [5.74, 6) is -0.604. The number of hydrogen-bond donors (Lipinski definition) is 0. The number of rotatable bonds is 3. The third kappa shape index (κ3) is 3.41. The first-order chi connectivity index (χ1) is 8.78. The summed E-state index contributed by atoms with van der Waals surface area (Å²) in [6.45, 7) is 2.19. The molecule has 1 atom stereocenters. The molecule has 0 N–H and O–H groups in total. The minimum atomic E-state index is -3.60. The van der Waals surface area contributed by atoms with Crippen LogP contribution in [0.1, 0.15) is 12.0 Å². The molecular formula is C12H13Cl2NO3S. The van der Waals surface area contributed by atoms with E-state index < -0.39 is 9.05 Å². The first kappa shape index (κ1) is 14.6. The monoisotopic (exact) mass is 321 g/mol. The van der Waals surface area contributed by atoms with Crippen molar-refractivity contribution in [3.05, 3.63) is 28.8 Å². The van der Waals surface area contributed by atoms with Crippen LogP contribution < -0.4 is 4.90 Å². The van der Waals surface area contributed by atoms with E-state index in [0.717, 1.165) is 5.56 Å². The van der Waals surface area contributed by atoms with Gasteiger partial charge in [-0.25, -0.2) is 8.42 Å². The number of hydrogen-bond acceptors (Lipinski definition) is 3. The minimum Gasteiger partial charge on any atom is -0.310 e. The van der Waals surface area contributed by atoms with E-state index in [2.05, 4.69) is 0 Å². The molecule has 0 radical (unpaired) electrons. The number of carbonyl (C=O) groups is 1. The highest BCUT2D eigenvalue weighted by atomic mass is 35.7. The van der Waals surface area contributed by atoms with E-state index in [-0.39, 0.29) is 24.0 Å². The lowest BCUT2D eigenvalue weighted by atomic mass is 10.1. The molecule has 19 heavy (non-hydrogen) atoms. The second-order valence-electron chi connectivity index (χ2n) is 4.69. The zero-order valence-corrected chi connectivity index (χ0v) is 12.6. The van der Waals surface area contributed by atoms with E-state index in [0.29, 0.717) is 17.3 Å². The third-order valence-corrected chi connectivity index (χ3v) is 4.65. The van der Waals surface area contributed by atoms with Crippen LogP contribution in [-0.2, 0) is 13.8 Å². The Bertz CT molecular complexity index is 595. The Kier molecular flexibility index (Phi) is 4.08. The maximum absolute atomic E-state index is 12.0. The van der Waals surface area contributed by atoms with Crippen LogP contribution in [0.5, 0.6) is 0 Å². The minimum absolute atomic E-state index is 0.124. The Morgan fingerprint density at radius 1 is 1.42 bits per heavy atom. The van der Waals surface area contributed by atoms with Gasteiger partial charge in [0.25, 0.3) is 0 Å². The summed E-state index contributed by atoms with van der Waals surface area (Å²) in [6.07, 6.45) is 0.177. The highest BCUT2D eigenvalue weighted by Crippen LogP contribution is 2.34. The number of amides is 1. The maximum atomic E-state index is 12.0. The number of nitrogens with zero attached hydrogens (tertiary/aromatic N) is 1. The summed E-state index contributed by atoms with van der Waals surface area (Å²) in [7, 11) is 1.64. The average molecular weight is 322 g/mol. The van der Waals surface area contributed by atoms with Crippen molar-refractivity contribution in [2.45, 2.75) is 13.3 Å². The summed E-state index contributed by atoms with van der Waals surface area (Å²) >= 11 is 6.12. The average Bonchev–Trinajstić information content (AvgIpc) is 2.56. The van der Waals surface area contributed by atoms with E-state index in [1.54, 1.807) is 11.0 Å². The normalized spacial score (nSPS) is 20.1. The van der Waals surface area contributed by atoms with Gasteiger partial charge in [-0.3, -0.25) is 4.79 Å². The fourth-order valence-corrected chi connectivity index (χ4v) is 4.00. The SMILES string of the molecule is Cc1cccc(Cl)c1N1CC(CS(=O)(=O)Cl)CC1=O. The lowest BCUT2D eigenvalue weighted by Gasteiger charge is -2.20. The number of halogens is 2. The quantitative estimate of drug-likeness (QED) is 0.804. The summed E-state index contributed by atoms with van der Waals surface area (Å²) in [4.78, 5) is 13.6. The molecule has 1 amide bonds. The highest BCUT2D eigenvalue weighted by molar-refractivity contribution is 8.13. The molecule has 2 rings (SSSR count). The van der Waals surface area contributed by atoms with Gasteiger partial charge in [0.1, 0.15) is 0 Å². The molecule has 1 fully saturated rings. The van der Waals surface area contributed by atoms with Crippen molar-refractivity contribution in [2.24, 2.45) is 5.92 Å². The van der Waals surface area contributed by atoms with Gasteiger partial charge in [-0.05, 0) is 18.6 Å². The fourth-order valence-electron chi connectivity index (χ4n) is 2.36. The standard InChI is InChI=1S/C12H13Cl2NO3S/c1-8-3-2-4-10(13)12(8)15-6-9(5-11(15)16)7-19(14,17)18/h2-4,9H,5-7H2,1H3. The van der Waals surface area contributed by atoms with Crippen molar-refractivity contribution in [1.29, 1.82) is 0 Å². The topological polar surface area (TPSA) is 54.5 Å². The predicted molar refractivity (Wildman–Crippen MR) is 76.3 cm³/mol. The molecule has 1 aliphatic heterocycles. The van der Waals surface area contributed by atoms with Crippen LogP contribution in [0, 0.1) is 12.8 Å². The number of anilines is 1. The Balaban J connectivity index is 2.26. The van der Waals surface area contributed by atoms with Crippen LogP contribution in [0.15, 0.2) is 18.2 Å². The van der Waals surface area contributed by atoms with Gasteiger partial charge in [0.15, 0.2) is 0 Å². The molecule has 0 bridgehead atoms. The largest absolute Gasteiger partial charge is 0.310 e. The second-order valence-corrected chi connectivity index (χ2v) is 7.91. The van der Waals surface area contributed by atoms with Gasteiger partial charge in [-0.2, -0.15) is 0 Å². The van der Waals surface area contributed by atoms with Gasteiger partial charge >= 0.3 is 0 Å². The number of para-hydroxylation sites is 1. The molecule has 7 heteroatoms. The van der Waals surface area contributed by atoms with Crippen molar-refractivity contribution in [3.8, 4) is 0 Å². The van der Waals surface area contributed by atoms with Crippen LogP contribution in [0.25, 0.3) is 0 Å². The molecule has 1 aliphatic rings. The number of carbonyl (C=O) groups excluding carboxylic acids is 1. The van der Waals surface area contributed by atoms with Gasteiger partial charge < -0.3 is 4.90 Å². The van der Waals surface area contributed by atoms with Crippen LogP contribution in [-0.4, -0.2) is 26.6 Å². The van der Waals surface area contributed by atoms with Gasteiger partial charge in [-0.1, -0.05) is 23.7 Å². The zero-order valence-electron chi connectivity index (χ0n) is 10.3. The molecule has 1 heterocycles. The van der Waals surface area contributed by atoms with Crippen molar-refractivity contribution in [2.75, 3.05) is 17.2 Å². The van der Waals surface area contributed by atoms with Gasteiger partial charge in [0.2, 0.25) is 15.0 Å². The van der Waals surface area contributed by atoms with Gasteiger partial charge in [-0.15, -0.1) is 0 Å². The van der Waals surface area contributed by atoms with Crippen molar-refractivity contribution < 1.29 is 13.2 Å². The molecule has 0 aromatic heterocycles. The predicted octanol–water partition coefficient (Wildman–Crippen LogP) is 2.57. The highest BCUT2D eigenvalue weighted by Gasteiger charge is 2.34. The molecule has 0 aliphatic carbocycles. The molecule has 0 spiro atoms. The van der Waals surface area contributed by atoms with Crippen molar-refractivity contribution >= 4 is 42.9 Å². The molecule has 104 valence electrons. The zero-order chi connectivity index (χ0) is 14.2. The Morgan fingerprint density at radius 3 is 2.68 bits per heavy atom. The lowest BCUT2D eigenvalue weighted by molar-refractivity contribution is -0.117. The van der Waals surface area contributed by atoms with E-state index in [4.69, 9.17) is 22.3 Å². The maximum Gasteiger partial charge on any atom is 0.232 e. The van der Waals surface area contributed by atoms with E-state index in [9.17, 15) is 13.2 Å². The summed E-state index contributed by atoms with van der Waals surface area (Å²) in [5, 5.41) is 0.489. The first-order valence-electron chi connectivity index (χ1n) is 5.76. The Labute approximate surface area is 121 Å².